The molecule has 0 fully saturated rings. The lowest BCUT2D eigenvalue weighted by Crippen LogP contribution is -2.16. The van der Waals surface area contributed by atoms with E-state index in [9.17, 15) is 17.4 Å². The Kier molecular flexibility index (Phi) is 6.60. The number of hydrogen-bond donors (Lipinski definition) is 2. The second-order valence-electron chi connectivity index (χ2n) is 6.50. The third kappa shape index (κ3) is 5.08. The molecule has 30 heavy (non-hydrogen) atoms. The molecule has 3 aromatic rings. The largest absolute Gasteiger partial charge is 0.322 e. The van der Waals surface area contributed by atoms with Gasteiger partial charge in [-0.15, -0.1) is 0 Å². The fraction of sp³-hybridized carbons (Fsp3) is 0.0952. The molecular weight excluding hydrogens is 444 g/mol. The number of hydrogen-bond acceptors (Lipinski definition) is 4. The number of amides is 1. The van der Waals surface area contributed by atoms with Crippen molar-refractivity contribution >= 4 is 49.7 Å². The maximum atomic E-state index is 12.9. The molecule has 3 rings (SSSR count). The second-order valence-corrected chi connectivity index (χ2v) is 9.94. The van der Waals surface area contributed by atoms with Crippen LogP contribution >= 0.6 is 11.6 Å². The van der Waals surface area contributed by atoms with E-state index in [1.54, 1.807) is 73.8 Å². The zero-order chi connectivity index (χ0) is 21.9. The normalized spacial score (nSPS) is 12.2. The zero-order valence-electron chi connectivity index (χ0n) is 16.2. The predicted octanol–water partition coefficient (Wildman–Crippen LogP) is 4.44. The van der Waals surface area contributed by atoms with E-state index in [1.807, 2.05) is 0 Å². The SMILES string of the molecule is Cc1ccc(NC(=O)c2ccc([S@@](C)=O)cc2)cc1S(=O)(=O)Nc1ccccc1Cl. The fourth-order valence-corrected chi connectivity index (χ4v) is 4.82. The van der Waals surface area contributed by atoms with E-state index in [1.165, 1.54) is 6.07 Å². The van der Waals surface area contributed by atoms with Gasteiger partial charge < -0.3 is 5.32 Å². The molecule has 0 radical (unpaired) electrons. The Bertz CT molecular complexity index is 1230. The number of halogens is 1. The maximum absolute atomic E-state index is 12.9. The summed E-state index contributed by atoms with van der Waals surface area (Å²) in [6.07, 6.45) is 1.56. The fourth-order valence-electron chi connectivity index (χ4n) is 2.71. The van der Waals surface area contributed by atoms with Crippen LogP contribution in [0.5, 0.6) is 0 Å². The summed E-state index contributed by atoms with van der Waals surface area (Å²) in [6, 6.07) is 17.5. The number of para-hydroxylation sites is 1. The van der Waals surface area contributed by atoms with Crippen molar-refractivity contribution < 1.29 is 17.4 Å². The molecule has 3 aromatic carbocycles. The zero-order valence-corrected chi connectivity index (χ0v) is 18.6. The number of nitrogens with one attached hydrogen (secondary N) is 2. The van der Waals surface area contributed by atoms with Gasteiger partial charge in [-0.3, -0.25) is 13.7 Å². The van der Waals surface area contributed by atoms with E-state index in [0.717, 1.165) is 0 Å². The van der Waals surface area contributed by atoms with Gasteiger partial charge in [0.15, 0.2) is 0 Å². The van der Waals surface area contributed by atoms with Crippen molar-refractivity contribution in [3.05, 3.63) is 82.9 Å². The number of sulfonamides is 1. The van der Waals surface area contributed by atoms with Crippen LogP contribution in [0.25, 0.3) is 0 Å². The highest BCUT2D eigenvalue weighted by atomic mass is 35.5. The summed E-state index contributed by atoms with van der Waals surface area (Å²) in [6.45, 7) is 1.66. The number of carbonyl (C=O) groups excluding carboxylic acids is 1. The Morgan fingerprint density at radius 3 is 2.30 bits per heavy atom. The van der Waals surface area contributed by atoms with Crippen LogP contribution in [-0.2, 0) is 20.8 Å². The molecule has 1 amide bonds. The summed E-state index contributed by atoms with van der Waals surface area (Å²) in [5.74, 6) is -0.408. The molecule has 0 heterocycles. The summed E-state index contributed by atoms with van der Waals surface area (Å²) in [5.41, 5.74) is 1.47. The minimum atomic E-state index is -3.92. The average Bonchev–Trinajstić information content (AvgIpc) is 2.71. The van der Waals surface area contributed by atoms with Crippen molar-refractivity contribution in [3.8, 4) is 0 Å². The van der Waals surface area contributed by atoms with Crippen molar-refractivity contribution in [2.24, 2.45) is 0 Å². The van der Waals surface area contributed by atoms with Gasteiger partial charge in [0, 0.05) is 33.2 Å². The van der Waals surface area contributed by atoms with Crippen LogP contribution in [0.15, 0.2) is 76.5 Å². The summed E-state index contributed by atoms with van der Waals surface area (Å²) < 4.78 is 39.7. The molecule has 1 atom stereocenters. The van der Waals surface area contributed by atoms with Crippen LogP contribution in [-0.4, -0.2) is 24.8 Å². The van der Waals surface area contributed by atoms with E-state index >= 15 is 0 Å². The standard InChI is InChI=1S/C21H19ClN2O4S2/c1-14-7-10-16(23-21(25)15-8-11-17(12-9-15)29(2)26)13-20(14)30(27,28)24-19-6-4-3-5-18(19)22/h3-13,24H,1-2H3,(H,23,25)/t29-/m1/s1. The average molecular weight is 463 g/mol. The first-order chi connectivity index (χ1) is 14.2. The summed E-state index contributed by atoms with van der Waals surface area (Å²) >= 11 is 6.05. The number of aryl methyl sites for hydroxylation is 1. The van der Waals surface area contributed by atoms with E-state index < -0.39 is 26.7 Å². The first kappa shape index (κ1) is 22.0. The molecule has 6 nitrogen and oxygen atoms in total. The molecule has 9 heteroatoms. The predicted molar refractivity (Wildman–Crippen MR) is 120 cm³/mol. The van der Waals surface area contributed by atoms with Crippen molar-refractivity contribution in [3.63, 3.8) is 0 Å². The third-order valence-electron chi connectivity index (χ3n) is 4.30. The molecule has 2 N–H and O–H groups in total. The first-order valence-electron chi connectivity index (χ1n) is 8.80. The Morgan fingerprint density at radius 2 is 1.67 bits per heavy atom. The van der Waals surface area contributed by atoms with Crippen molar-refractivity contribution in [2.75, 3.05) is 16.3 Å². The third-order valence-corrected chi connectivity index (χ3v) is 7.08. The molecule has 0 saturated heterocycles. The van der Waals surface area contributed by atoms with Crippen molar-refractivity contribution in [1.82, 2.24) is 0 Å². The van der Waals surface area contributed by atoms with Gasteiger partial charge in [0.25, 0.3) is 15.9 Å². The van der Waals surface area contributed by atoms with Gasteiger partial charge in [-0.05, 0) is 61.0 Å². The van der Waals surface area contributed by atoms with Gasteiger partial charge in [-0.1, -0.05) is 29.8 Å². The Hall–Kier alpha value is -2.68. The molecule has 0 aliphatic heterocycles. The molecule has 0 bridgehead atoms. The van der Waals surface area contributed by atoms with Crippen LogP contribution in [0.3, 0.4) is 0 Å². The lowest BCUT2D eigenvalue weighted by atomic mass is 10.2. The molecule has 156 valence electrons. The highest BCUT2D eigenvalue weighted by Gasteiger charge is 2.19. The molecule has 0 aliphatic carbocycles. The molecule has 0 aromatic heterocycles. The number of benzene rings is 3. The maximum Gasteiger partial charge on any atom is 0.262 e. The topological polar surface area (TPSA) is 92.3 Å². The second kappa shape index (κ2) is 8.99. The minimum Gasteiger partial charge on any atom is -0.322 e. The lowest BCUT2D eigenvalue weighted by molar-refractivity contribution is 0.102. The van der Waals surface area contributed by atoms with E-state index in [-0.39, 0.29) is 15.6 Å². The molecule has 0 spiro atoms. The van der Waals surface area contributed by atoms with Crippen LogP contribution in [0, 0.1) is 6.92 Å². The molecular formula is C21H19ClN2O4S2. The minimum absolute atomic E-state index is 0.0250. The Labute approximate surface area is 182 Å². The van der Waals surface area contributed by atoms with Gasteiger partial charge in [-0.25, -0.2) is 8.42 Å². The van der Waals surface area contributed by atoms with Crippen molar-refractivity contribution in [2.45, 2.75) is 16.7 Å². The van der Waals surface area contributed by atoms with Crippen LogP contribution in [0.2, 0.25) is 5.02 Å². The lowest BCUT2D eigenvalue weighted by Gasteiger charge is -2.13. The summed E-state index contributed by atoms with van der Waals surface area (Å²) in [7, 11) is -5.06. The van der Waals surface area contributed by atoms with E-state index in [4.69, 9.17) is 11.6 Å². The van der Waals surface area contributed by atoms with Gasteiger partial charge in [0.05, 0.1) is 15.6 Å². The number of rotatable bonds is 6. The van der Waals surface area contributed by atoms with Gasteiger partial charge >= 0.3 is 0 Å². The van der Waals surface area contributed by atoms with Gasteiger partial charge in [-0.2, -0.15) is 0 Å². The smallest absolute Gasteiger partial charge is 0.262 e. The summed E-state index contributed by atoms with van der Waals surface area (Å²) in [4.78, 5) is 13.1. The van der Waals surface area contributed by atoms with Crippen LogP contribution in [0.4, 0.5) is 11.4 Å². The van der Waals surface area contributed by atoms with E-state index in [2.05, 4.69) is 10.0 Å². The van der Waals surface area contributed by atoms with Crippen molar-refractivity contribution in [1.29, 1.82) is 0 Å². The first-order valence-corrected chi connectivity index (χ1v) is 12.2. The summed E-state index contributed by atoms with van der Waals surface area (Å²) in [5, 5.41) is 2.97. The molecule has 0 aliphatic rings. The molecule has 0 unspecified atom stereocenters. The van der Waals surface area contributed by atoms with Gasteiger partial charge in [0.2, 0.25) is 0 Å². The quantitative estimate of drug-likeness (QED) is 0.566. The highest BCUT2D eigenvalue weighted by molar-refractivity contribution is 7.92. The monoisotopic (exact) mass is 462 g/mol. The highest BCUT2D eigenvalue weighted by Crippen LogP contribution is 2.27. The van der Waals surface area contributed by atoms with Gasteiger partial charge in [0.1, 0.15) is 0 Å². The Morgan fingerprint density at radius 1 is 1.00 bits per heavy atom. The molecule has 0 saturated carbocycles. The Balaban J connectivity index is 1.85. The van der Waals surface area contributed by atoms with Crippen LogP contribution in [0.1, 0.15) is 15.9 Å². The van der Waals surface area contributed by atoms with E-state index in [0.29, 0.717) is 21.7 Å². The number of carbonyl (C=O) groups is 1. The number of anilines is 2. The van der Waals surface area contributed by atoms with Crippen LogP contribution < -0.4 is 10.0 Å².